The van der Waals surface area contributed by atoms with E-state index in [2.05, 4.69) is 0 Å². The first-order chi connectivity index (χ1) is 17.5. The van der Waals surface area contributed by atoms with Gasteiger partial charge in [0.15, 0.2) is 17.3 Å². The van der Waals surface area contributed by atoms with Crippen molar-refractivity contribution in [2.75, 3.05) is 0 Å². The van der Waals surface area contributed by atoms with Gasteiger partial charge in [0, 0.05) is 29.0 Å². The van der Waals surface area contributed by atoms with E-state index < -0.39 is 11.8 Å². The molecule has 0 N–H and O–H groups in total. The van der Waals surface area contributed by atoms with E-state index in [4.69, 9.17) is 0 Å². The molecule has 0 aliphatic carbocycles. The SMILES string of the molecule is O=C(CC(C(=O)c1ccccc1)C(/C=C(\[O-])c1ccccc1)C(=O)c1ccccc1)c1ccccc1. The highest BCUT2D eigenvalue weighted by atomic mass is 16.3. The van der Waals surface area contributed by atoms with E-state index in [-0.39, 0.29) is 29.5 Å². The lowest BCUT2D eigenvalue weighted by Crippen LogP contribution is -2.32. The van der Waals surface area contributed by atoms with Crippen LogP contribution in [0.4, 0.5) is 0 Å². The Labute approximate surface area is 210 Å². The predicted octanol–water partition coefficient (Wildman–Crippen LogP) is 5.66. The molecule has 2 atom stereocenters. The maximum Gasteiger partial charge on any atom is 0.170 e. The smallest absolute Gasteiger partial charge is 0.170 e. The number of allylic oxidation sites excluding steroid dienone is 1. The van der Waals surface area contributed by atoms with Gasteiger partial charge in [-0.05, 0) is 5.56 Å². The molecule has 0 bridgehead atoms. The zero-order valence-electron chi connectivity index (χ0n) is 19.6. The fourth-order valence-electron chi connectivity index (χ4n) is 4.17. The summed E-state index contributed by atoms with van der Waals surface area (Å²) >= 11 is 0. The first-order valence-electron chi connectivity index (χ1n) is 11.8. The van der Waals surface area contributed by atoms with Gasteiger partial charge in [0.05, 0.1) is 5.92 Å². The Bertz CT molecular complexity index is 1340. The summed E-state index contributed by atoms with van der Waals surface area (Å²) in [5.74, 6) is -3.55. The highest BCUT2D eigenvalue weighted by Crippen LogP contribution is 2.29. The molecule has 4 aromatic rings. The molecule has 4 heteroatoms. The zero-order valence-corrected chi connectivity index (χ0v) is 19.6. The van der Waals surface area contributed by atoms with Crippen molar-refractivity contribution in [1.82, 2.24) is 0 Å². The lowest BCUT2D eigenvalue weighted by molar-refractivity contribution is -0.244. The van der Waals surface area contributed by atoms with Crippen molar-refractivity contribution in [3.05, 3.63) is 150 Å². The molecule has 0 saturated heterocycles. The van der Waals surface area contributed by atoms with E-state index in [0.717, 1.165) is 0 Å². The maximum absolute atomic E-state index is 13.8. The molecule has 0 aliphatic rings. The summed E-state index contributed by atoms with van der Waals surface area (Å²) in [6.45, 7) is 0. The lowest BCUT2D eigenvalue weighted by Gasteiger charge is -2.25. The summed E-state index contributed by atoms with van der Waals surface area (Å²) in [5.41, 5.74) is 1.61. The Morgan fingerprint density at radius 2 is 0.944 bits per heavy atom. The Balaban J connectivity index is 1.81. The van der Waals surface area contributed by atoms with Gasteiger partial charge in [0.25, 0.3) is 0 Å². The molecule has 0 aromatic heterocycles. The van der Waals surface area contributed by atoms with E-state index in [1.807, 2.05) is 0 Å². The molecule has 0 saturated carbocycles. The van der Waals surface area contributed by atoms with E-state index in [9.17, 15) is 19.5 Å². The maximum atomic E-state index is 13.8. The number of benzene rings is 4. The van der Waals surface area contributed by atoms with Crippen LogP contribution in [0.15, 0.2) is 127 Å². The lowest BCUT2D eigenvalue weighted by atomic mass is 9.77. The van der Waals surface area contributed by atoms with Crippen LogP contribution < -0.4 is 5.11 Å². The first kappa shape index (κ1) is 24.6. The van der Waals surface area contributed by atoms with Crippen molar-refractivity contribution in [2.45, 2.75) is 6.42 Å². The van der Waals surface area contributed by atoms with Gasteiger partial charge < -0.3 is 5.11 Å². The van der Waals surface area contributed by atoms with Crippen molar-refractivity contribution < 1.29 is 19.5 Å². The molecule has 36 heavy (non-hydrogen) atoms. The fraction of sp³-hybridized carbons (Fsp3) is 0.0938. The molecule has 4 aromatic carbocycles. The van der Waals surface area contributed by atoms with Crippen LogP contribution in [0.25, 0.3) is 5.76 Å². The zero-order chi connectivity index (χ0) is 25.3. The van der Waals surface area contributed by atoms with Gasteiger partial charge in [-0.3, -0.25) is 14.4 Å². The second-order valence-corrected chi connectivity index (χ2v) is 8.48. The quantitative estimate of drug-likeness (QED) is 0.220. The molecule has 0 heterocycles. The third-order valence-corrected chi connectivity index (χ3v) is 6.08. The van der Waals surface area contributed by atoms with Crippen LogP contribution in [0.1, 0.15) is 43.1 Å². The number of hydrogen-bond acceptors (Lipinski definition) is 4. The Morgan fingerprint density at radius 1 is 0.556 bits per heavy atom. The van der Waals surface area contributed by atoms with Crippen LogP contribution in [-0.2, 0) is 0 Å². The predicted molar refractivity (Wildman–Crippen MR) is 138 cm³/mol. The van der Waals surface area contributed by atoms with Gasteiger partial charge in [-0.15, -0.1) is 5.76 Å². The highest BCUT2D eigenvalue weighted by molar-refractivity contribution is 6.08. The van der Waals surface area contributed by atoms with Gasteiger partial charge in [-0.2, -0.15) is 0 Å². The Hall–Kier alpha value is -4.57. The third kappa shape index (κ3) is 5.91. The van der Waals surface area contributed by atoms with Gasteiger partial charge in [0.2, 0.25) is 0 Å². The first-order valence-corrected chi connectivity index (χ1v) is 11.8. The molecule has 0 fully saturated rings. The van der Waals surface area contributed by atoms with Crippen molar-refractivity contribution in [3.63, 3.8) is 0 Å². The second-order valence-electron chi connectivity index (χ2n) is 8.48. The van der Waals surface area contributed by atoms with Gasteiger partial charge in [-0.25, -0.2) is 0 Å². The summed E-state index contributed by atoms with van der Waals surface area (Å²) in [6, 6.07) is 34.4. The fourth-order valence-corrected chi connectivity index (χ4v) is 4.17. The number of ketones is 3. The minimum atomic E-state index is -1.12. The molecule has 4 rings (SSSR count). The number of Topliss-reactive ketones (excluding diaryl/α,β-unsaturated/α-hetero) is 3. The minimum Gasteiger partial charge on any atom is -0.872 e. The van der Waals surface area contributed by atoms with Crippen molar-refractivity contribution in [3.8, 4) is 0 Å². The normalized spacial score (nSPS) is 12.9. The molecule has 0 amide bonds. The molecule has 0 radical (unpaired) electrons. The second kappa shape index (κ2) is 11.7. The largest absolute Gasteiger partial charge is 0.872 e. The third-order valence-electron chi connectivity index (χ3n) is 6.08. The summed E-state index contributed by atoms with van der Waals surface area (Å²) in [7, 11) is 0. The van der Waals surface area contributed by atoms with Crippen molar-refractivity contribution >= 4 is 23.1 Å². The van der Waals surface area contributed by atoms with Crippen LogP contribution in [0.2, 0.25) is 0 Å². The van der Waals surface area contributed by atoms with E-state index in [1.165, 1.54) is 6.08 Å². The number of carbonyl (C=O) groups excluding carboxylic acids is 3. The molecule has 4 nitrogen and oxygen atoms in total. The Morgan fingerprint density at radius 3 is 1.42 bits per heavy atom. The van der Waals surface area contributed by atoms with Crippen LogP contribution >= 0.6 is 0 Å². The molecule has 0 aliphatic heterocycles. The average Bonchev–Trinajstić information content (AvgIpc) is 2.95. The number of rotatable bonds is 10. The van der Waals surface area contributed by atoms with Crippen LogP contribution in [0.5, 0.6) is 0 Å². The number of hydrogen-bond donors (Lipinski definition) is 0. The van der Waals surface area contributed by atoms with E-state index in [1.54, 1.807) is 121 Å². The van der Waals surface area contributed by atoms with Gasteiger partial charge >= 0.3 is 0 Å². The molecular formula is C32H25O4-. The molecular weight excluding hydrogens is 448 g/mol. The van der Waals surface area contributed by atoms with Crippen LogP contribution in [0.3, 0.4) is 0 Å². The highest BCUT2D eigenvalue weighted by Gasteiger charge is 2.35. The summed E-state index contributed by atoms with van der Waals surface area (Å²) in [5, 5.41) is 13.2. The summed E-state index contributed by atoms with van der Waals surface area (Å²) in [6.07, 6.45) is 1.09. The topological polar surface area (TPSA) is 74.3 Å². The molecule has 0 spiro atoms. The van der Waals surface area contributed by atoms with E-state index in [0.29, 0.717) is 22.3 Å². The van der Waals surface area contributed by atoms with Gasteiger partial charge in [0.1, 0.15) is 0 Å². The standard InChI is InChI=1S/C32H26O4/c33-29(23-13-5-1-6-14-23)21-27(31(35)25-17-9-3-10-18-25)28(32(36)26-19-11-4-12-20-26)22-30(34)24-15-7-2-8-16-24/h1-21,27-28,33H,22H2/p-1/b29-21-. The molecule has 2 unspecified atom stereocenters. The van der Waals surface area contributed by atoms with Crippen molar-refractivity contribution in [1.29, 1.82) is 0 Å². The summed E-state index contributed by atoms with van der Waals surface area (Å²) < 4.78 is 0. The van der Waals surface area contributed by atoms with Crippen LogP contribution in [0, 0.1) is 11.8 Å². The summed E-state index contributed by atoms with van der Waals surface area (Å²) in [4.78, 5) is 40.8. The van der Waals surface area contributed by atoms with Crippen LogP contribution in [-0.4, -0.2) is 17.3 Å². The minimum absolute atomic E-state index is 0.209. The monoisotopic (exact) mass is 473 g/mol. The van der Waals surface area contributed by atoms with E-state index >= 15 is 0 Å². The van der Waals surface area contributed by atoms with Crippen molar-refractivity contribution in [2.24, 2.45) is 11.8 Å². The average molecular weight is 474 g/mol. The number of carbonyl (C=O) groups is 3. The van der Waals surface area contributed by atoms with Gasteiger partial charge in [-0.1, -0.05) is 127 Å². The Kier molecular flexibility index (Phi) is 7.99. The molecule has 178 valence electrons.